The van der Waals surface area contributed by atoms with Crippen molar-refractivity contribution in [3.05, 3.63) is 59.1 Å². The van der Waals surface area contributed by atoms with Gasteiger partial charge in [-0.05, 0) is 42.6 Å². The molecule has 0 fully saturated rings. The Kier molecular flexibility index (Phi) is 4.34. The van der Waals surface area contributed by atoms with Crippen LogP contribution in [0.4, 0.5) is 0 Å². The second kappa shape index (κ2) is 6.40. The van der Waals surface area contributed by atoms with Crippen LogP contribution in [0.5, 0.6) is 0 Å². The molecule has 1 aromatic carbocycles. The van der Waals surface area contributed by atoms with Gasteiger partial charge in [-0.25, -0.2) is 0 Å². The molecule has 2 heterocycles. The average molecular weight is 361 g/mol. The summed E-state index contributed by atoms with van der Waals surface area (Å²) in [4.78, 5) is 12.2. The fourth-order valence-corrected chi connectivity index (χ4v) is 2.90. The summed E-state index contributed by atoms with van der Waals surface area (Å²) in [5.74, 6) is 0.875. The molecule has 114 valence electrons. The Hall–Kier alpha value is -2.01. The lowest BCUT2D eigenvalue weighted by Crippen LogP contribution is -2.36. The summed E-state index contributed by atoms with van der Waals surface area (Å²) in [6.07, 6.45) is 4.28. The molecule has 5 heteroatoms. The molecular weight excluding hydrogens is 344 g/mol. The Balaban J connectivity index is 1.64. The Morgan fingerprint density at radius 2 is 2.23 bits per heavy atom. The molecule has 2 aromatic heterocycles. The number of carbonyl (C=O) groups excluding carboxylic acids is 1. The van der Waals surface area contributed by atoms with Gasteiger partial charge in [0.1, 0.15) is 12.3 Å². The number of aromatic nitrogens is 1. The van der Waals surface area contributed by atoms with Crippen molar-refractivity contribution in [1.82, 2.24) is 9.88 Å². The van der Waals surface area contributed by atoms with Crippen molar-refractivity contribution in [3.8, 4) is 0 Å². The minimum Gasteiger partial charge on any atom is -0.469 e. The summed E-state index contributed by atoms with van der Waals surface area (Å²) in [7, 11) is 0. The van der Waals surface area contributed by atoms with Crippen LogP contribution in [0, 0.1) is 0 Å². The van der Waals surface area contributed by atoms with Crippen molar-refractivity contribution in [2.45, 2.75) is 25.9 Å². The molecule has 0 saturated carbocycles. The quantitative estimate of drug-likeness (QED) is 0.753. The van der Waals surface area contributed by atoms with E-state index in [1.807, 2.05) is 54.1 Å². The van der Waals surface area contributed by atoms with Crippen LogP contribution in [0.2, 0.25) is 0 Å². The lowest BCUT2D eigenvalue weighted by molar-refractivity contribution is -0.122. The Bertz CT molecular complexity index is 777. The zero-order valence-corrected chi connectivity index (χ0v) is 13.8. The first kappa shape index (κ1) is 14.9. The van der Waals surface area contributed by atoms with Crippen LogP contribution in [-0.4, -0.2) is 16.5 Å². The van der Waals surface area contributed by atoms with Crippen molar-refractivity contribution < 1.29 is 9.21 Å². The van der Waals surface area contributed by atoms with Gasteiger partial charge in [0.05, 0.1) is 6.26 Å². The molecule has 1 unspecified atom stereocenters. The average Bonchev–Trinajstić information content (AvgIpc) is 3.09. The highest BCUT2D eigenvalue weighted by Gasteiger charge is 2.11. The fourth-order valence-electron chi connectivity index (χ4n) is 2.55. The number of fused-ring (bicyclic) bond motifs is 1. The zero-order chi connectivity index (χ0) is 15.5. The van der Waals surface area contributed by atoms with Crippen LogP contribution in [0.25, 0.3) is 10.9 Å². The standard InChI is InChI=1S/C17H17BrN2O2/c1-12(9-15-3-2-8-22-15)19-17(21)11-20-7-6-13-4-5-14(18)10-16(13)20/h2-8,10,12H,9,11H2,1H3,(H,19,21). The van der Waals surface area contributed by atoms with Crippen LogP contribution in [0.1, 0.15) is 12.7 Å². The van der Waals surface area contributed by atoms with Gasteiger partial charge in [0, 0.05) is 28.6 Å². The van der Waals surface area contributed by atoms with Gasteiger partial charge in [-0.1, -0.05) is 22.0 Å². The number of hydrogen-bond acceptors (Lipinski definition) is 2. The van der Waals surface area contributed by atoms with Gasteiger partial charge >= 0.3 is 0 Å². The van der Waals surface area contributed by atoms with E-state index in [9.17, 15) is 4.79 Å². The minimum atomic E-state index is -0.00321. The summed E-state index contributed by atoms with van der Waals surface area (Å²) in [6.45, 7) is 2.28. The third kappa shape index (κ3) is 3.42. The van der Waals surface area contributed by atoms with E-state index < -0.39 is 0 Å². The van der Waals surface area contributed by atoms with Gasteiger partial charge in [-0.3, -0.25) is 4.79 Å². The van der Waals surface area contributed by atoms with Gasteiger partial charge in [-0.2, -0.15) is 0 Å². The highest BCUT2D eigenvalue weighted by atomic mass is 79.9. The molecule has 1 atom stereocenters. The number of furan rings is 1. The first-order chi connectivity index (χ1) is 10.6. The molecule has 0 aliphatic heterocycles. The first-order valence-electron chi connectivity index (χ1n) is 7.18. The van der Waals surface area contributed by atoms with Gasteiger partial charge in [0.15, 0.2) is 0 Å². The Labute approximate surface area is 137 Å². The van der Waals surface area contributed by atoms with Gasteiger partial charge < -0.3 is 14.3 Å². The summed E-state index contributed by atoms with van der Waals surface area (Å²) in [5, 5.41) is 4.13. The molecular formula is C17H17BrN2O2. The summed E-state index contributed by atoms with van der Waals surface area (Å²) >= 11 is 3.47. The first-order valence-corrected chi connectivity index (χ1v) is 7.97. The summed E-state index contributed by atoms with van der Waals surface area (Å²) in [6, 6.07) is 11.9. The second-order valence-electron chi connectivity index (χ2n) is 5.40. The molecule has 1 amide bonds. The van der Waals surface area contributed by atoms with Crippen molar-refractivity contribution in [2.24, 2.45) is 0 Å². The third-order valence-electron chi connectivity index (χ3n) is 3.54. The highest BCUT2D eigenvalue weighted by molar-refractivity contribution is 9.10. The molecule has 0 saturated heterocycles. The van der Waals surface area contributed by atoms with Crippen molar-refractivity contribution >= 4 is 32.7 Å². The van der Waals surface area contributed by atoms with Crippen LogP contribution in [-0.2, 0) is 17.8 Å². The topological polar surface area (TPSA) is 47.2 Å². The van der Waals surface area contributed by atoms with Gasteiger partial charge in [0.2, 0.25) is 5.91 Å². The number of carbonyl (C=O) groups is 1. The normalized spacial score (nSPS) is 12.5. The maximum absolute atomic E-state index is 12.2. The number of amides is 1. The monoisotopic (exact) mass is 360 g/mol. The van der Waals surface area contributed by atoms with Crippen LogP contribution < -0.4 is 5.32 Å². The van der Waals surface area contributed by atoms with Crippen molar-refractivity contribution in [1.29, 1.82) is 0 Å². The fraction of sp³-hybridized carbons (Fsp3) is 0.235. The molecule has 3 aromatic rings. The molecule has 4 nitrogen and oxygen atoms in total. The predicted molar refractivity (Wildman–Crippen MR) is 89.7 cm³/mol. The maximum Gasteiger partial charge on any atom is 0.240 e. The number of benzene rings is 1. The highest BCUT2D eigenvalue weighted by Crippen LogP contribution is 2.20. The van der Waals surface area contributed by atoms with E-state index in [2.05, 4.69) is 21.2 Å². The Morgan fingerprint density at radius 3 is 3.00 bits per heavy atom. The Morgan fingerprint density at radius 1 is 1.36 bits per heavy atom. The summed E-state index contributed by atoms with van der Waals surface area (Å²) < 4.78 is 8.26. The number of nitrogens with one attached hydrogen (secondary N) is 1. The largest absolute Gasteiger partial charge is 0.469 e. The molecule has 0 radical (unpaired) electrons. The molecule has 0 bridgehead atoms. The lowest BCUT2D eigenvalue weighted by Gasteiger charge is -2.13. The van der Waals surface area contributed by atoms with E-state index in [-0.39, 0.29) is 11.9 Å². The summed E-state index contributed by atoms with van der Waals surface area (Å²) in [5.41, 5.74) is 1.04. The number of hydrogen-bond donors (Lipinski definition) is 1. The van der Waals surface area contributed by atoms with E-state index in [0.717, 1.165) is 21.1 Å². The van der Waals surface area contributed by atoms with Crippen LogP contribution >= 0.6 is 15.9 Å². The molecule has 0 aliphatic carbocycles. The van der Waals surface area contributed by atoms with Crippen LogP contribution in [0.3, 0.4) is 0 Å². The third-order valence-corrected chi connectivity index (χ3v) is 4.04. The lowest BCUT2D eigenvalue weighted by atomic mass is 10.2. The van der Waals surface area contributed by atoms with Crippen LogP contribution in [0.15, 0.2) is 57.7 Å². The number of nitrogens with zero attached hydrogens (tertiary/aromatic N) is 1. The molecule has 3 rings (SSSR count). The number of halogens is 1. The molecule has 22 heavy (non-hydrogen) atoms. The number of rotatable bonds is 5. The molecule has 0 aliphatic rings. The van der Waals surface area contributed by atoms with Crippen molar-refractivity contribution in [2.75, 3.05) is 0 Å². The maximum atomic E-state index is 12.2. The van der Waals surface area contributed by atoms with E-state index in [0.29, 0.717) is 13.0 Å². The predicted octanol–water partition coefficient (Wildman–Crippen LogP) is 3.74. The van der Waals surface area contributed by atoms with E-state index in [4.69, 9.17) is 4.42 Å². The molecule has 0 spiro atoms. The van der Waals surface area contributed by atoms with Crippen molar-refractivity contribution in [3.63, 3.8) is 0 Å². The SMILES string of the molecule is CC(Cc1ccco1)NC(=O)Cn1ccc2ccc(Br)cc21. The van der Waals surface area contributed by atoms with Gasteiger partial charge in [-0.15, -0.1) is 0 Å². The zero-order valence-electron chi connectivity index (χ0n) is 12.3. The smallest absolute Gasteiger partial charge is 0.240 e. The van der Waals surface area contributed by atoms with E-state index >= 15 is 0 Å². The molecule has 1 N–H and O–H groups in total. The second-order valence-corrected chi connectivity index (χ2v) is 6.31. The van der Waals surface area contributed by atoms with E-state index in [1.54, 1.807) is 6.26 Å². The van der Waals surface area contributed by atoms with Gasteiger partial charge in [0.25, 0.3) is 0 Å². The minimum absolute atomic E-state index is 0.00321. The van der Waals surface area contributed by atoms with E-state index in [1.165, 1.54) is 0 Å².